The van der Waals surface area contributed by atoms with Crippen molar-refractivity contribution in [2.45, 2.75) is 11.8 Å². The first-order valence-corrected chi connectivity index (χ1v) is 6.15. The molecule has 3 nitrogen and oxygen atoms in total. The third-order valence-electron chi connectivity index (χ3n) is 2.44. The Morgan fingerprint density at radius 2 is 2.12 bits per heavy atom. The van der Waals surface area contributed by atoms with Crippen LogP contribution in [0.1, 0.15) is 6.92 Å². The summed E-state index contributed by atoms with van der Waals surface area (Å²) in [4.78, 5) is 2.55. The molecule has 1 aromatic heterocycles. The quantitative estimate of drug-likeness (QED) is 0.809. The molecule has 2 aromatic rings. The highest BCUT2D eigenvalue weighted by Crippen LogP contribution is 2.22. The van der Waals surface area contributed by atoms with E-state index >= 15 is 0 Å². The molecule has 1 unspecified atom stereocenters. The average Bonchev–Trinajstić information content (AvgIpc) is 2.27. The molecule has 1 heterocycles. The van der Waals surface area contributed by atoms with Gasteiger partial charge in [-0.25, -0.2) is 0 Å². The molecular weight excluding hydrogens is 266 g/mol. The summed E-state index contributed by atoms with van der Waals surface area (Å²) in [6.45, 7) is 3.03. The fourth-order valence-electron chi connectivity index (χ4n) is 1.76. The maximum absolute atomic E-state index is 4.21. The minimum Gasteiger partial charge on any atom is -0.357 e. The summed E-state index contributed by atoms with van der Waals surface area (Å²) in [6, 6.07) is 8.17. The van der Waals surface area contributed by atoms with Gasteiger partial charge in [0.1, 0.15) is 0 Å². The van der Waals surface area contributed by atoms with Crippen LogP contribution in [-0.2, 0) is 0 Å². The summed E-state index contributed by atoms with van der Waals surface area (Å²) < 4.78 is 0. The van der Waals surface area contributed by atoms with Crippen LogP contribution < -0.4 is 4.90 Å². The van der Waals surface area contributed by atoms with E-state index in [2.05, 4.69) is 50.1 Å². The van der Waals surface area contributed by atoms with Gasteiger partial charge in [-0.2, -0.15) is 5.10 Å². The number of rotatable bonds is 3. The Morgan fingerprint density at radius 3 is 2.88 bits per heavy atom. The highest BCUT2D eigenvalue weighted by molar-refractivity contribution is 9.09. The van der Waals surface area contributed by atoms with Crippen LogP contribution in [0, 0.1) is 0 Å². The third kappa shape index (κ3) is 2.32. The molecule has 0 fully saturated rings. The molecule has 84 valence electrons. The fraction of sp³-hybridized carbons (Fsp3) is 0.333. The lowest BCUT2D eigenvalue weighted by atomic mass is 10.2. The molecule has 0 amide bonds. The standard InChI is InChI=1S/C12H14BrN3/c1-9(13)8-16(2)12-11-6-4-3-5-10(11)7-14-15-12/h3-7,9H,8H2,1-2H3. The number of halogens is 1. The number of anilines is 1. The summed E-state index contributed by atoms with van der Waals surface area (Å²) in [5.41, 5.74) is 0. The summed E-state index contributed by atoms with van der Waals surface area (Å²) in [6.07, 6.45) is 1.80. The van der Waals surface area contributed by atoms with Gasteiger partial charge in [0, 0.05) is 29.2 Å². The van der Waals surface area contributed by atoms with E-state index < -0.39 is 0 Å². The molecule has 1 aromatic carbocycles. The molecule has 0 saturated heterocycles. The van der Waals surface area contributed by atoms with E-state index in [1.807, 2.05) is 19.2 Å². The van der Waals surface area contributed by atoms with E-state index in [0.717, 1.165) is 23.1 Å². The first-order valence-electron chi connectivity index (χ1n) is 5.24. The van der Waals surface area contributed by atoms with Crippen molar-refractivity contribution in [2.75, 3.05) is 18.5 Å². The number of fused-ring (bicyclic) bond motifs is 1. The molecule has 0 spiro atoms. The molecule has 16 heavy (non-hydrogen) atoms. The molecule has 0 N–H and O–H groups in total. The van der Waals surface area contributed by atoms with Gasteiger partial charge in [0.15, 0.2) is 5.82 Å². The number of benzene rings is 1. The van der Waals surface area contributed by atoms with Gasteiger partial charge in [0.2, 0.25) is 0 Å². The van der Waals surface area contributed by atoms with Crippen molar-refractivity contribution in [3.63, 3.8) is 0 Å². The number of hydrogen-bond donors (Lipinski definition) is 0. The molecule has 4 heteroatoms. The topological polar surface area (TPSA) is 29.0 Å². The zero-order valence-corrected chi connectivity index (χ0v) is 11.0. The molecular formula is C12H14BrN3. The summed E-state index contributed by atoms with van der Waals surface area (Å²) in [5, 5.41) is 10.5. The van der Waals surface area contributed by atoms with Crippen molar-refractivity contribution < 1.29 is 0 Å². The summed E-state index contributed by atoms with van der Waals surface area (Å²) in [7, 11) is 2.04. The van der Waals surface area contributed by atoms with Crippen LogP contribution in [0.2, 0.25) is 0 Å². The molecule has 1 atom stereocenters. The Kier molecular flexibility index (Phi) is 3.39. The number of nitrogens with zero attached hydrogens (tertiary/aromatic N) is 3. The second-order valence-corrected chi connectivity index (χ2v) is 5.48. The SMILES string of the molecule is CC(Br)CN(C)c1nncc2ccccc12. The highest BCUT2D eigenvalue weighted by Gasteiger charge is 2.09. The van der Waals surface area contributed by atoms with Gasteiger partial charge in [-0.3, -0.25) is 0 Å². The second-order valence-electron chi connectivity index (χ2n) is 3.92. The fourth-order valence-corrected chi connectivity index (χ4v) is 2.19. The van der Waals surface area contributed by atoms with E-state index in [9.17, 15) is 0 Å². The van der Waals surface area contributed by atoms with Crippen LogP contribution in [-0.4, -0.2) is 28.6 Å². The van der Waals surface area contributed by atoms with Crippen molar-refractivity contribution in [1.82, 2.24) is 10.2 Å². The number of alkyl halides is 1. The lowest BCUT2D eigenvalue weighted by Gasteiger charge is -2.20. The van der Waals surface area contributed by atoms with Crippen molar-refractivity contribution in [3.05, 3.63) is 30.5 Å². The maximum Gasteiger partial charge on any atom is 0.158 e. The lowest BCUT2D eigenvalue weighted by molar-refractivity contribution is 0.847. The Bertz CT molecular complexity index is 479. The second kappa shape index (κ2) is 4.78. The predicted octanol–water partition coefficient (Wildman–Crippen LogP) is 2.85. The minimum atomic E-state index is 0.429. The predicted molar refractivity (Wildman–Crippen MR) is 71.2 cm³/mol. The first kappa shape index (κ1) is 11.3. The van der Waals surface area contributed by atoms with Crippen LogP contribution in [0.25, 0.3) is 10.8 Å². The van der Waals surface area contributed by atoms with Crippen molar-refractivity contribution in [1.29, 1.82) is 0 Å². The Balaban J connectivity index is 2.44. The van der Waals surface area contributed by atoms with Gasteiger partial charge >= 0.3 is 0 Å². The van der Waals surface area contributed by atoms with Crippen LogP contribution in [0.5, 0.6) is 0 Å². The molecule has 0 saturated carbocycles. The molecule has 0 radical (unpaired) electrons. The van der Waals surface area contributed by atoms with Gasteiger partial charge in [0.25, 0.3) is 0 Å². The van der Waals surface area contributed by atoms with Gasteiger partial charge in [-0.1, -0.05) is 47.1 Å². The molecule has 2 rings (SSSR count). The normalized spacial score (nSPS) is 12.7. The average molecular weight is 280 g/mol. The first-order chi connectivity index (χ1) is 7.68. The minimum absolute atomic E-state index is 0.429. The monoisotopic (exact) mass is 279 g/mol. The van der Waals surface area contributed by atoms with Crippen LogP contribution in [0.15, 0.2) is 30.5 Å². The maximum atomic E-state index is 4.21. The Morgan fingerprint density at radius 1 is 1.38 bits per heavy atom. The summed E-state index contributed by atoms with van der Waals surface area (Å²) in [5.74, 6) is 0.935. The van der Waals surface area contributed by atoms with Crippen molar-refractivity contribution >= 4 is 32.5 Å². The number of hydrogen-bond acceptors (Lipinski definition) is 3. The van der Waals surface area contributed by atoms with Crippen LogP contribution in [0.4, 0.5) is 5.82 Å². The van der Waals surface area contributed by atoms with E-state index in [1.165, 1.54) is 0 Å². The van der Waals surface area contributed by atoms with Gasteiger partial charge in [-0.05, 0) is 0 Å². The van der Waals surface area contributed by atoms with Gasteiger partial charge < -0.3 is 4.90 Å². The van der Waals surface area contributed by atoms with Crippen LogP contribution >= 0.6 is 15.9 Å². The molecule has 0 aliphatic heterocycles. The molecule has 0 aliphatic rings. The Labute approximate surface area is 104 Å². The van der Waals surface area contributed by atoms with Crippen molar-refractivity contribution in [3.8, 4) is 0 Å². The van der Waals surface area contributed by atoms with E-state index in [-0.39, 0.29) is 0 Å². The Hall–Kier alpha value is -1.16. The molecule has 0 aliphatic carbocycles. The molecule has 0 bridgehead atoms. The third-order valence-corrected chi connectivity index (χ3v) is 2.73. The van der Waals surface area contributed by atoms with E-state index in [0.29, 0.717) is 4.83 Å². The van der Waals surface area contributed by atoms with Crippen molar-refractivity contribution in [2.24, 2.45) is 0 Å². The number of aromatic nitrogens is 2. The van der Waals surface area contributed by atoms with Gasteiger partial charge in [0.05, 0.1) is 6.20 Å². The van der Waals surface area contributed by atoms with Crippen LogP contribution in [0.3, 0.4) is 0 Å². The van der Waals surface area contributed by atoms with E-state index in [4.69, 9.17) is 0 Å². The van der Waals surface area contributed by atoms with E-state index in [1.54, 1.807) is 6.20 Å². The lowest BCUT2D eigenvalue weighted by Crippen LogP contribution is -2.25. The smallest absolute Gasteiger partial charge is 0.158 e. The van der Waals surface area contributed by atoms with Gasteiger partial charge in [-0.15, -0.1) is 5.10 Å². The zero-order chi connectivity index (χ0) is 11.5. The highest BCUT2D eigenvalue weighted by atomic mass is 79.9. The summed E-state index contributed by atoms with van der Waals surface area (Å²) >= 11 is 3.55. The largest absolute Gasteiger partial charge is 0.357 e. The zero-order valence-electron chi connectivity index (χ0n) is 9.39.